The number of aryl methyl sites for hydroxylation is 2. The fraction of sp³-hybridized carbons (Fsp3) is 0.364. The lowest BCUT2D eigenvalue weighted by atomic mass is 10.2. The lowest BCUT2D eigenvalue weighted by molar-refractivity contribution is 0.367. The van der Waals surface area contributed by atoms with Gasteiger partial charge in [0, 0.05) is 18.3 Å². The van der Waals surface area contributed by atoms with Crippen molar-refractivity contribution < 1.29 is 9.50 Å². The van der Waals surface area contributed by atoms with E-state index in [2.05, 4.69) is 5.10 Å². The van der Waals surface area contributed by atoms with Gasteiger partial charge in [0.25, 0.3) is 5.56 Å². The molecule has 2 N–H and O–H groups in total. The Morgan fingerprint density at radius 1 is 1.37 bits per heavy atom. The van der Waals surface area contributed by atoms with Crippen LogP contribution in [-0.4, -0.2) is 24.4 Å². The van der Waals surface area contributed by atoms with E-state index in [-0.39, 0.29) is 6.54 Å². The fourth-order valence-corrected chi connectivity index (χ4v) is 1.89. The number of hydrogen-bond acceptors (Lipinski definition) is 4. The zero-order valence-electron chi connectivity index (χ0n) is 10.7. The van der Waals surface area contributed by atoms with Crippen LogP contribution in [0.1, 0.15) is 17.0 Å². The summed E-state index contributed by atoms with van der Waals surface area (Å²) in [7, 11) is 1.74. The number of rotatable bonds is 2. The van der Waals surface area contributed by atoms with Gasteiger partial charge in [-0.25, -0.2) is 4.79 Å². The molecule has 102 valence electrons. The number of hydrogen-bond donors (Lipinski definition) is 2. The molecule has 0 aliphatic carbocycles. The van der Waals surface area contributed by atoms with Crippen molar-refractivity contribution in [3.05, 3.63) is 43.6 Å². The van der Waals surface area contributed by atoms with Crippen molar-refractivity contribution in [3.8, 4) is 5.88 Å². The second-order valence-corrected chi connectivity index (χ2v) is 4.26. The Morgan fingerprint density at radius 3 is 2.53 bits per heavy atom. The fourth-order valence-electron chi connectivity index (χ4n) is 1.89. The highest BCUT2D eigenvalue weighted by Gasteiger charge is 2.17. The number of nitrogens with zero attached hydrogens (tertiary/aromatic N) is 3. The normalized spacial score (nSPS) is 10.9. The molecule has 0 saturated heterocycles. The minimum Gasteiger partial charge on any atom is -0.492 e. The highest BCUT2D eigenvalue weighted by molar-refractivity contribution is 5.26. The largest absolute Gasteiger partial charge is 0.492 e. The third-order valence-electron chi connectivity index (χ3n) is 3.09. The van der Waals surface area contributed by atoms with Gasteiger partial charge in [-0.15, -0.1) is 0 Å². The third-order valence-corrected chi connectivity index (χ3v) is 3.09. The molecule has 19 heavy (non-hydrogen) atoms. The van der Waals surface area contributed by atoms with Crippen molar-refractivity contribution in [2.45, 2.75) is 20.4 Å². The first kappa shape index (κ1) is 13.1. The molecule has 0 unspecified atom stereocenters. The van der Waals surface area contributed by atoms with E-state index in [1.807, 2.05) is 0 Å². The standard InChI is InChI=1S/C11H13FN4O3/c1-5-7(6(2)15(3)14-5)4-16-10(18)8(12)9(17)13-11(16)19/h18H,4H2,1-3H3,(H,13,17,19). The molecule has 8 heteroatoms. The van der Waals surface area contributed by atoms with E-state index in [4.69, 9.17) is 0 Å². The minimum absolute atomic E-state index is 0.0656. The Labute approximate surface area is 106 Å². The second kappa shape index (κ2) is 4.38. The Morgan fingerprint density at radius 2 is 2.00 bits per heavy atom. The van der Waals surface area contributed by atoms with Crippen molar-refractivity contribution in [1.82, 2.24) is 19.3 Å². The van der Waals surface area contributed by atoms with Gasteiger partial charge in [-0.3, -0.25) is 19.0 Å². The van der Waals surface area contributed by atoms with E-state index < -0.39 is 22.9 Å². The van der Waals surface area contributed by atoms with Crippen LogP contribution in [0.4, 0.5) is 4.39 Å². The van der Waals surface area contributed by atoms with Crippen molar-refractivity contribution >= 4 is 0 Å². The Balaban J connectivity index is 2.59. The molecule has 2 rings (SSSR count). The molecular formula is C11H13FN4O3. The summed E-state index contributed by atoms with van der Waals surface area (Å²) in [6.45, 7) is 3.47. The van der Waals surface area contributed by atoms with Crippen molar-refractivity contribution in [2.75, 3.05) is 0 Å². The van der Waals surface area contributed by atoms with Crippen LogP contribution in [0.25, 0.3) is 0 Å². The Bertz CT molecular complexity index is 757. The Kier molecular flexibility index (Phi) is 3.01. The molecule has 0 saturated carbocycles. The van der Waals surface area contributed by atoms with Crippen molar-refractivity contribution in [2.24, 2.45) is 7.05 Å². The van der Waals surface area contributed by atoms with Gasteiger partial charge in [0.1, 0.15) is 0 Å². The lowest BCUT2D eigenvalue weighted by Gasteiger charge is -2.08. The van der Waals surface area contributed by atoms with Crippen LogP contribution in [0.2, 0.25) is 0 Å². The first-order chi connectivity index (χ1) is 8.82. The molecule has 2 aromatic heterocycles. The van der Waals surface area contributed by atoms with Gasteiger partial charge in [-0.2, -0.15) is 9.49 Å². The van der Waals surface area contributed by atoms with Crippen LogP contribution in [-0.2, 0) is 13.6 Å². The number of nitrogens with one attached hydrogen (secondary N) is 1. The zero-order valence-corrected chi connectivity index (χ0v) is 10.7. The number of H-pyrrole nitrogens is 1. The molecule has 0 spiro atoms. The topological polar surface area (TPSA) is 92.9 Å². The highest BCUT2D eigenvalue weighted by Crippen LogP contribution is 2.16. The lowest BCUT2D eigenvalue weighted by Crippen LogP contribution is -2.32. The number of halogens is 1. The maximum atomic E-state index is 13.3. The van der Waals surface area contributed by atoms with E-state index in [1.165, 1.54) is 0 Å². The first-order valence-electron chi connectivity index (χ1n) is 5.53. The van der Waals surface area contributed by atoms with E-state index in [0.717, 1.165) is 10.3 Å². The summed E-state index contributed by atoms with van der Waals surface area (Å²) in [4.78, 5) is 24.4. The third kappa shape index (κ3) is 2.05. The highest BCUT2D eigenvalue weighted by atomic mass is 19.1. The summed E-state index contributed by atoms with van der Waals surface area (Å²) in [6, 6.07) is 0. The SMILES string of the molecule is Cc1nn(C)c(C)c1Cn1c(O)c(F)c(=O)[nH]c1=O. The molecule has 2 aromatic rings. The average molecular weight is 268 g/mol. The van der Waals surface area contributed by atoms with Crippen LogP contribution in [0, 0.1) is 19.7 Å². The number of aromatic nitrogens is 4. The molecular weight excluding hydrogens is 255 g/mol. The van der Waals surface area contributed by atoms with Gasteiger partial charge < -0.3 is 5.11 Å². The molecule has 7 nitrogen and oxygen atoms in total. The minimum atomic E-state index is -1.38. The van der Waals surface area contributed by atoms with Crippen molar-refractivity contribution in [1.29, 1.82) is 0 Å². The second-order valence-electron chi connectivity index (χ2n) is 4.26. The molecule has 0 aliphatic rings. The van der Waals surface area contributed by atoms with Crippen LogP contribution in [0.3, 0.4) is 0 Å². The first-order valence-corrected chi connectivity index (χ1v) is 5.53. The quantitative estimate of drug-likeness (QED) is 0.787. The summed E-state index contributed by atoms with van der Waals surface area (Å²) in [5, 5.41) is 13.7. The molecule has 0 radical (unpaired) electrons. The number of aromatic amines is 1. The summed E-state index contributed by atoms with van der Waals surface area (Å²) >= 11 is 0. The van der Waals surface area contributed by atoms with Gasteiger partial charge in [0.2, 0.25) is 11.7 Å². The van der Waals surface area contributed by atoms with Gasteiger partial charge in [-0.05, 0) is 13.8 Å². The van der Waals surface area contributed by atoms with E-state index in [9.17, 15) is 19.1 Å². The van der Waals surface area contributed by atoms with E-state index in [0.29, 0.717) is 11.3 Å². The van der Waals surface area contributed by atoms with Gasteiger partial charge in [-0.1, -0.05) is 0 Å². The van der Waals surface area contributed by atoms with Gasteiger partial charge in [0.15, 0.2) is 0 Å². The van der Waals surface area contributed by atoms with Gasteiger partial charge >= 0.3 is 5.69 Å². The van der Waals surface area contributed by atoms with Crippen molar-refractivity contribution in [3.63, 3.8) is 0 Å². The molecule has 0 amide bonds. The van der Waals surface area contributed by atoms with Gasteiger partial charge in [0.05, 0.1) is 12.2 Å². The average Bonchev–Trinajstić information content (AvgIpc) is 2.57. The van der Waals surface area contributed by atoms with Crippen LogP contribution in [0.15, 0.2) is 9.59 Å². The Hall–Kier alpha value is -2.38. The summed E-state index contributed by atoms with van der Waals surface area (Å²) in [5.41, 5.74) is 0.0320. The number of aromatic hydroxyl groups is 1. The predicted molar refractivity (Wildman–Crippen MR) is 64.7 cm³/mol. The predicted octanol–water partition coefficient (Wildman–Crippen LogP) is -0.220. The maximum Gasteiger partial charge on any atom is 0.331 e. The molecule has 0 atom stereocenters. The summed E-state index contributed by atoms with van der Waals surface area (Å²) in [5.74, 6) is -2.35. The van der Waals surface area contributed by atoms with Crippen LogP contribution in [0.5, 0.6) is 5.88 Å². The molecule has 0 aromatic carbocycles. The summed E-state index contributed by atoms with van der Waals surface area (Å²) in [6.07, 6.45) is 0. The molecule has 0 bridgehead atoms. The van der Waals surface area contributed by atoms with Crippen LogP contribution >= 0.6 is 0 Å². The monoisotopic (exact) mass is 268 g/mol. The zero-order chi connectivity index (χ0) is 14.3. The molecule has 2 heterocycles. The van der Waals surface area contributed by atoms with E-state index in [1.54, 1.807) is 30.6 Å². The molecule has 0 fully saturated rings. The van der Waals surface area contributed by atoms with E-state index >= 15 is 0 Å². The van der Waals surface area contributed by atoms with Crippen LogP contribution < -0.4 is 11.2 Å². The molecule has 0 aliphatic heterocycles. The smallest absolute Gasteiger partial charge is 0.331 e. The maximum absolute atomic E-state index is 13.3. The summed E-state index contributed by atoms with van der Waals surface area (Å²) < 4.78 is 15.7.